The Hall–Kier alpha value is -0.380. The summed E-state index contributed by atoms with van der Waals surface area (Å²) in [6.07, 6.45) is 0.895. The summed E-state index contributed by atoms with van der Waals surface area (Å²) in [6, 6.07) is 2.75. The second-order valence-corrected chi connectivity index (χ2v) is 6.86. The summed E-state index contributed by atoms with van der Waals surface area (Å²) in [7, 11) is 0. The molecule has 0 fully saturated rings. The van der Waals surface area contributed by atoms with Gasteiger partial charge in [0.1, 0.15) is 0 Å². The van der Waals surface area contributed by atoms with Gasteiger partial charge in [0.25, 0.3) is 0 Å². The smallest absolute Gasteiger partial charge is 0.0575 e. The molecule has 0 spiro atoms. The van der Waals surface area contributed by atoms with Crippen LogP contribution in [-0.2, 0) is 6.42 Å². The van der Waals surface area contributed by atoms with E-state index in [-0.39, 0.29) is 11.5 Å². The van der Waals surface area contributed by atoms with Crippen LogP contribution < -0.4 is 0 Å². The molecule has 0 saturated heterocycles. The minimum Gasteiger partial charge on any atom is -0.393 e. The zero-order valence-electron chi connectivity index (χ0n) is 11.2. The third-order valence-electron chi connectivity index (χ3n) is 4.15. The van der Waals surface area contributed by atoms with Crippen LogP contribution in [-0.4, -0.2) is 29.2 Å². The fourth-order valence-electron chi connectivity index (χ4n) is 2.43. The summed E-state index contributed by atoms with van der Waals surface area (Å²) in [5.41, 5.74) is 1.45. The van der Waals surface area contributed by atoms with E-state index in [1.807, 2.05) is 18.3 Å². The van der Waals surface area contributed by atoms with Gasteiger partial charge in [-0.05, 0) is 37.3 Å². The van der Waals surface area contributed by atoms with Gasteiger partial charge in [0.15, 0.2) is 0 Å². The Kier molecular flexibility index (Phi) is 3.62. The van der Waals surface area contributed by atoms with E-state index in [0.717, 1.165) is 19.5 Å². The van der Waals surface area contributed by atoms with Crippen LogP contribution in [0.2, 0.25) is 0 Å². The van der Waals surface area contributed by atoms with Crippen molar-refractivity contribution < 1.29 is 5.11 Å². The third kappa shape index (κ3) is 2.56. The molecule has 1 aromatic rings. The molecule has 1 aromatic heterocycles. The number of nitrogens with zero attached hydrogens (tertiary/aromatic N) is 1. The number of fused-ring (bicyclic) bond motifs is 1. The summed E-state index contributed by atoms with van der Waals surface area (Å²) < 4.78 is 0. The number of aliphatic hydroxyl groups excluding tert-OH is 1. The molecule has 0 amide bonds. The normalized spacial score (nSPS) is 23.5. The van der Waals surface area contributed by atoms with Crippen LogP contribution in [0.5, 0.6) is 0 Å². The van der Waals surface area contributed by atoms with Gasteiger partial charge >= 0.3 is 0 Å². The van der Waals surface area contributed by atoms with Gasteiger partial charge in [-0.2, -0.15) is 0 Å². The van der Waals surface area contributed by atoms with Crippen molar-refractivity contribution in [2.24, 2.45) is 5.41 Å². The van der Waals surface area contributed by atoms with Crippen LogP contribution in [0, 0.1) is 5.41 Å². The van der Waals surface area contributed by atoms with E-state index in [2.05, 4.69) is 37.1 Å². The first kappa shape index (κ1) is 13.1. The minimum absolute atomic E-state index is 0.0399. The van der Waals surface area contributed by atoms with Gasteiger partial charge < -0.3 is 5.11 Å². The molecule has 1 aliphatic heterocycles. The Labute approximate surface area is 108 Å². The number of aliphatic hydroxyl groups is 1. The van der Waals surface area contributed by atoms with Crippen molar-refractivity contribution in [3.05, 3.63) is 21.9 Å². The third-order valence-corrected chi connectivity index (χ3v) is 5.14. The molecule has 2 unspecified atom stereocenters. The SMILES string of the molecule is CC1c2ccsc2CCN1CC(C)(C)C(C)O. The molecule has 17 heavy (non-hydrogen) atoms. The Morgan fingerprint density at radius 1 is 1.59 bits per heavy atom. The largest absolute Gasteiger partial charge is 0.393 e. The summed E-state index contributed by atoms with van der Waals surface area (Å²) in [4.78, 5) is 4.05. The van der Waals surface area contributed by atoms with Crippen molar-refractivity contribution in [2.75, 3.05) is 13.1 Å². The zero-order valence-corrected chi connectivity index (χ0v) is 12.0. The van der Waals surface area contributed by atoms with Crippen molar-refractivity contribution >= 4 is 11.3 Å². The molecule has 3 heteroatoms. The molecule has 96 valence electrons. The maximum Gasteiger partial charge on any atom is 0.0575 e. The summed E-state index contributed by atoms with van der Waals surface area (Å²) >= 11 is 1.88. The van der Waals surface area contributed by atoms with E-state index in [4.69, 9.17) is 0 Å². The van der Waals surface area contributed by atoms with Crippen LogP contribution in [0.3, 0.4) is 0 Å². The molecule has 0 bridgehead atoms. The lowest BCUT2D eigenvalue weighted by atomic mass is 9.85. The lowest BCUT2D eigenvalue weighted by Crippen LogP contribution is -2.43. The molecular weight excluding hydrogens is 230 g/mol. The second-order valence-electron chi connectivity index (χ2n) is 5.86. The molecule has 2 rings (SSSR count). The molecule has 1 N–H and O–H groups in total. The lowest BCUT2D eigenvalue weighted by molar-refractivity contribution is 0.0218. The topological polar surface area (TPSA) is 23.5 Å². The van der Waals surface area contributed by atoms with E-state index >= 15 is 0 Å². The fourth-order valence-corrected chi connectivity index (χ4v) is 3.40. The molecule has 0 radical (unpaired) electrons. The predicted molar refractivity (Wildman–Crippen MR) is 73.5 cm³/mol. The zero-order chi connectivity index (χ0) is 12.6. The number of rotatable bonds is 3. The fraction of sp³-hybridized carbons (Fsp3) is 0.714. The number of hydrogen-bond donors (Lipinski definition) is 1. The van der Waals surface area contributed by atoms with Crippen molar-refractivity contribution in [3.63, 3.8) is 0 Å². The molecule has 0 aliphatic carbocycles. The Bertz CT molecular complexity index is 383. The maximum atomic E-state index is 9.83. The van der Waals surface area contributed by atoms with Crippen LogP contribution in [0.15, 0.2) is 11.4 Å². The van der Waals surface area contributed by atoms with Gasteiger partial charge in [-0.3, -0.25) is 4.90 Å². The highest BCUT2D eigenvalue weighted by Gasteiger charge is 2.32. The van der Waals surface area contributed by atoms with E-state index < -0.39 is 0 Å². The second kappa shape index (κ2) is 4.71. The maximum absolute atomic E-state index is 9.83. The molecule has 0 saturated carbocycles. The molecule has 0 aromatic carbocycles. The van der Waals surface area contributed by atoms with E-state index in [1.165, 1.54) is 5.56 Å². The monoisotopic (exact) mass is 253 g/mol. The molecular formula is C14H23NOS. The Morgan fingerprint density at radius 3 is 2.94 bits per heavy atom. The first-order valence-corrected chi connectivity index (χ1v) is 7.28. The van der Waals surface area contributed by atoms with Gasteiger partial charge in [-0.15, -0.1) is 11.3 Å². The lowest BCUT2D eigenvalue weighted by Gasteiger charge is -2.40. The highest BCUT2D eigenvalue weighted by atomic mass is 32.1. The quantitative estimate of drug-likeness (QED) is 0.895. The van der Waals surface area contributed by atoms with Crippen molar-refractivity contribution in [3.8, 4) is 0 Å². The van der Waals surface area contributed by atoms with Crippen molar-refractivity contribution in [1.29, 1.82) is 0 Å². The highest BCUT2D eigenvalue weighted by Crippen LogP contribution is 2.35. The summed E-state index contributed by atoms with van der Waals surface area (Å²) in [6.45, 7) is 10.5. The van der Waals surface area contributed by atoms with Crippen molar-refractivity contribution in [2.45, 2.75) is 46.3 Å². The van der Waals surface area contributed by atoms with Gasteiger partial charge in [-0.25, -0.2) is 0 Å². The Balaban J connectivity index is 2.10. The van der Waals surface area contributed by atoms with Gasteiger partial charge in [-0.1, -0.05) is 13.8 Å². The molecule has 2 nitrogen and oxygen atoms in total. The highest BCUT2D eigenvalue weighted by molar-refractivity contribution is 7.10. The average Bonchev–Trinajstić information content (AvgIpc) is 2.70. The van der Waals surface area contributed by atoms with Crippen molar-refractivity contribution in [1.82, 2.24) is 4.90 Å². The average molecular weight is 253 g/mol. The van der Waals surface area contributed by atoms with Crippen LogP contribution in [0.25, 0.3) is 0 Å². The van der Waals surface area contributed by atoms with E-state index in [9.17, 15) is 5.11 Å². The Morgan fingerprint density at radius 2 is 2.29 bits per heavy atom. The van der Waals surface area contributed by atoms with Crippen LogP contribution in [0.1, 0.15) is 44.2 Å². The number of thiophene rings is 1. The van der Waals surface area contributed by atoms with Crippen LogP contribution >= 0.6 is 11.3 Å². The predicted octanol–water partition coefficient (Wildman–Crippen LogP) is 3.07. The first-order valence-electron chi connectivity index (χ1n) is 6.40. The van der Waals surface area contributed by atoms with Gasteiger partial charge in [0.05, 0.1) is 6.10 Å². The molecule has 1 aliphatic rings. The number of hydrogen-bond acceptors (Lipinski definition) is 3. The molecule has 2 heterocycles. The van der Waals surface area contributed by atoms with Gasteiger partial charge in [0.2, 0.25) is 0 Å². The van der Waals surface area contributed by atoms with E-state index in [0.29, 0.717) is 6.04 Å². The minimum atomic E-state index is -0.265. The van der Waals surface area contributed by atoms with E-state index in [1.54, 1.807) is 4.88 Å². The molecule has 2 atom stereocenters. The van der Waals surface area contributed by atoms with Crippen LogP contribution in [0.4, 0.5) is 0 Å². The first-order chi connectivity index (χ1) is 7.92. The standard InChI is InChI=1S/C14H23NOS/c1-10-12-6-8-17-13(12)5-7-15(10)9-14(3,4)11(2)16/h6,8,10-11,16H,5,7,9H2,1-4H3. The van der Waals surface area contributed by atoms with Gasteiger partial charge in [0, 0.05) is 29.4 Å². The summed E-state index contributed by atoms with van der Waals surface area (Å²) in [5.74, 6) is 0. The summed E-state index contributed by atoms with van der Waals surface area (Å²) in [5, 5.41) is 12.0.